The summed E-state index contributed by atoms with van der Waals surface area (Å²) in [6, 6.07) is 0. The van der Waals surface area contributed by atoms with E-state index in [1.165, 1.54) is 57.8 Å². The standard InChI is InChI=1S/C17H36/c1-6-16(4)13-14-17(5)12-10-8-7-9-11-15(2)3/h15-17H,6-14H2,1-5H3. The number of hydrogen-bond acceptors (Lipinski definition) is 0. The average molecular weight is 240 g/mol. The molecule has 0 aliphatic heterocycles. The first-order chi connectivity index (χ1) is 8.06. The molecule has 0 amide bonds. The van der Waals surface area contributed by atoms with E-state index in [4.69, 9.17) is 0 Å². The molecule has 0 aromatic carbocycles. The molecule has 2 atom stereocenters. The molecular formula is C17H36. The fourth-order valence-electron chi connectivity index (χ4n) is 2.32. The van der Waals surface area contributed by atoms with Gasteiger partial charge in [-0.1, -0.05) is 92.4 Å². The fourth-order valence-corrected chi connectivity index (χ4v) is 2.32. The zero-order valence-corrected chi connectivity index (χ0v) is 13.1. The summed E-state index contributed by atoms with van der Waals surface area (Å²) in [5.74, 6) is 2.78. The maximum Gasteiger partial charge on any atom is -0.0443 e. The Morgan fingerprint density at radius 3 is 1.65 bits per heavy atom. The Hall–Kier alpha value is 0. The molecular weight excluding hydrogens is 204 g/mol. The second-order valence-electron chi connectivity index (χ2n) is 6.58. The molecule has 0 N–H and O–H groups in total. The van der Waals surface area contributed by atoms with Crippen molar-refractivity contribution in [1.82, 2.24) is 0 Å². The van der Waals surface area contributed by atoms with Gasteiger partial charge in [-0.05, 0) is 17.8 Å². The van der Waals surface area contributed by atoms with Crippen LogP contribution in [0.1, 0.15) is 92.4 Å². The number of rotatable bonds is 11. The van der Waals surface area contributed by atoms with Crippen molar-refractivity contribution in [2.75, 3.05) is 0 Å². The average Bonchev–Trinajstić information content (AvgIpc) is 2.30. The van der Waals surface area contributed by atoms with Crippen LogP contribution in [0.2, 0.25) is 0 Å². The normalized spacial score (nSPS) is 15.2. The first kappa shape index (κ1) is 17.0. The van der Waals surface area contributed by atoms with Gasteiger partial charge in [-0.2, -0.15) is 0 Å². The first-order valence-electron chi connectivity index (χ1n) is 8.06. The molecule has 0 aromatic rings. The van der Waals surface area contributed by atoms with Gasteiger partial charge in [-0.3, -0.25) is 0 Å². The van der Waals surface area contributed by atoms with Crippen LogP contribution in [0.25, 0.3) is 0 Å². The Bertz CT molecular complexity index is 148. The number of hydrogen-bond donors (Lipinski definition) is 0. The topological polar surface area (TPSA) is 0 Å². The molecule has 0 heteroatoms. The van der Waals surface area contributed by atoms with Crippen molar-refractivity contribution in [2.45, 2.75) is 92.4 Å². The fraction of sp³-hybridized carbons (Fsp3) is 1.00. The van der Waals surface area contributed by atoms with Crippen LogP contribution in [-0.4, -0.2) is 0 Å². The highest BCUT2D eigenvalue weighted by atomic mass is 14.1. The van der Waals surface area contributed by atoms with Crippen LogP contribution < -0.4 is 0 Å². The lowest BCUT2D eigenvalue weighted by Crippen LogP contribution is -1.99. The van der Waals surface area contributed by atoms with Crippen molar-refractivity contribution in [2.24, 2.45) is 17.8 Å². The van der Waals surface area contributed by atoms with Crippen LogP contribution in [0.5, 0.6) is 0 Å². The minimum Gasteiger partial charge on any atom is -0.0651 e. The Morgan fingerprint density at radius 1 is 0.588 bits per heavy atom. The predicted molar refractivity (Wildman–Crippen MR) is 80.4 cm³/mol. The van der Waals surface area contributed by atoms with E-state index in [-0.39, 0.29) is 0 Å². The van der Waals surface area contributed by atoms with Crippen molar-refractivity contribution in [1.29, 1.82) is 0 Å². The molecule has 0 fully saturated rings. The van der Waals surface area contributed by atoms with Crippen molar-refractivity contribution in [3.05, 3.63) is 0 Å². The second kappa shape index (κ2) is 11.1. The second-order valence-corrected chi connectivity index (χ2v) is 6.58. The summed E-state index contributed by atoms with van der Waals surface area (Å²) in [6.07, 6.45) is 12.9. The van der Waals surface area contributed by atoms with Gasteiger partial charge in [-0.15, -0.1) is 0 Å². The van der Waals surface area contributed by atoms with Gasteiger partial charge in [0.25, 0.3) is 0 Å². The smallest absolute Gasteiger partial charge is 0.0443 e. The zero-order chi connectivity index (χ0) is 13.1. The largest absolute Gasteiger partial charge is 0.0651 e. The molecule has 0 heterocycles. The maximum atomic E-state index is 2.44. The lowest BCUT2D eigenvalue weighted by Gasteiger charge is -2.14. The van der Waals surface area contributed by atoms with Crippen molar-refractivity contribution < 1.29 is 0 Å². The summed E-state index contributed by atoms with van der Waals surface area (Å²) < 4.78 is 0. The summed E-state index contributed by atoms with van der Waals surface area (Å²) in [5.41, 5.74) is 0. The molecule has 2 unspecified atom stereocenters. The van der Waals surface area contributed by atoms with Gasteiger partial charge in [0.2, 0.25) is 0 Å². The number of unbranched alkanes of at least 4 members (excludes halogenated alkanes) is 3. The van der Waals surface area contributed by atoms with Gasteiger partial charge in [0.1, 0.15) is 0 Å². The third-order valence-corrected chi connectivity index (χ3v) is 4.08. The third-order valence-electron chi connectivity index (χ3n) is 4.08. The molecule has 0 aliphatic rings. The molecule has 0 bridgehead atoms. The van der Waals surface area contributed by atoms with Gasteiger partial charge in [0.15, 0.2) is 0 Å². The zero-order valence-electron chi connectivity index (χ0n) is 13.1. The van der Waals surface area contributed by atoms with Crippen LogP contribution in [0.3, 0.4) is 0 Å². The van der Waals surface area contributed by atoms with E-state index in [1.54, 1.807) is 0 Å². The van der Waals surface area contributed by atoms with Crippen molar-refractivity contribution in [3.8, 4) is 0 Å². The monoisotopic (exact) mass is 240 g/mol. The molecule has 0 saturated carbocycles. The minimum atomic E-state index is 0.893. The quantitative estimate of drug-likeness (QED) is 0.364. The van der Waals surface area contributed by atoms with Gasteiger partial charge < -0.3 is 0 Å². The van der Waals surface area contributed by atoms with E-state index in [0.29, 0.717) is 0 Å². The Morgan fingerprint density at radius 2 is 1.12 bits per heavy atom. The van der Waals surface area contributed by atoms with Gasteiger partial charge >= 0.3 is 0 Å². The summed E-state index contributed by atoms with van der Waals surface area (Å²) in [7, 11) is 0. The Kier molecular flexibility index (Phi) is 11.1. The first-order valence-corrected chi connectivity index (χ1v) is 8.06. The lowest BCUT2D eigenvalue weighted by molar-refractivity contribution is 0.391. The predicted octanol–water partition coefficient (Wildman–Crippen LogP) is 6.45. The van der Waals surface area contributed by atoms with Crippen LogP contribution >= 0.6 is 0 Å². The van der Waals surface area contributed by atoms with Crippen LogP contribution in [0.4, 0.5) is 0 Å². The molecule has 0 spiro atoms. The molecule has 0 aromatic heterocycles. The van der Waals surface area contributed by atoms with Gasteiger partial charge in [0.05, 0.1) is 0 Å². The van der Waals surface area contributed by atoms with Crippen LogP contribution in [0.15, 0.2) is 0 Å². The lowest BCUT2D eigenvalue weighted by atomic mass is 9.92. The van der Waals surface area contributed by atoms with Crippen molar-refractivity contribution >= 4 is 0 Å². The highest BCUT2D eigenvalue weighted by Gasteiger charge is 2.05. The van der Waals surface area contributed by atoms with E-state index >= 15 is 0 Å². The Balaban J connectivity index is 3.24. The van der Waals surface area contributed by atoms with Crippen LogP contribution in [0, 0.1) is 17.8 Å². The molecule has 104 valence electrons. The highest BCUT2D eigenvalue weighted by Crippen LogP contribution is 2.20. The molecule has 17 heavy (non-hydrogen) atoms. The van der Waals surface area contributed by atoms with E-state index in [9.17, 15) is 0 Å². The molecule has 0 saturated heterocycles. The summed E-state index contributed by atoms with van der Waals surface area (Å²) in [4.78, 5) is 0. The molecule has 0 nitrogen and oxygen atoms in total. The summed E-state index contributed by atoms with van der Waals surface area (Å²) in [6.45, 7) is 11.8. The minimum absolute atomic E-state index is 0.893. The summed E-state index contributed by atoms with van der Waals surface area (Å²) >= 11 is 0. The van der Waals surface area contributed by atoms with Crippen molar-refractivity contribution in [3.63, 3.8) is 0 Å². The molecule has 0 rings (SSSR count). The van der Waals surface area contributed by atoms with E-state index < -0.39 is 0 Å². The van der Waals surface area contributed by atoms with Gasteiger partial charge in [-0.25, -0.2) is 0 Å². The molecule has 0 radical (unpaired) electrons. The summed E-state index contributed by atoms with van der Waals surface area (Å²) in [5, 5.41) is 0. The van der Waals surface area contributed by atoms with Crippen LogP contribution in [-0.2, 0) is 0 Å². The van der Waals surface area contributed by atoms with E-state index in [0.717, 1.165) is 17.8 Å². The van der Waals surface area contributed by atoms with E-state index in [1.807, 2.05) is 0 Å². The van der Waals surface area contributed by atoms with E-state index in [2.05, 4.69) is 34.6 Å². The SMILES string of the molecule is CCC(C)CCC(C)CCCCCCC(C)C. The van der Waals surface area contributed by atoms with Gasteiger partial charge in [0, 0.05) is 0 Å². The highest BCUT2D eigenvalue weighted by molar-refractivity contribution is 4.58. The molecule has 0 aliphatic carbocycles. The maximum absolute atomic E-state index is 2.44. The Labute approximate surface area is 111 Å². The third kappa shape index (κ3) is 12.2.